The number of hydrogen-bond donors (Lipinski definition) is 7. The van der Waals surface area contributed by atoms with Gasteiger partial charge in [-0.3, -0.25) is 19.3 Å². The summed E-state index contributed by atoms with van der Waals surface area (Å²) in [6, 6.07) is 0.250. The van der Waals surface area contributed by atoms with E-state index in [-0.39, 0.29) is 22.6 Å². The van der Waals surface area contributed by atoms with Crippen LogP contribution in [0.25, 0.3) is 0 Å². The zero-order valence-corrected chi connectivity index (χ0v) is 21.5. The van der Waals surface area contributed by atoms with Crippen LogP contribution in [0.15, 0.2) is 28.7 Å². The van der Waals surface area contributed by atoms with E-state index in [2.05, 4.69) is 0 Å². The first kappa shape index (κ1) is 26.6. The summed E-state index contributed by atoms with van der Waals surface area (Å²) in [5.41, 5.74) is 7.37. The minimum atomic E-state index is -2.95. The number of nitrogen functional groups attached to an aromatic ring is 1. The molecule has 11 heteroatoms. The lowest BCUT2D eigenvalue weighted by molar-refractivity contribution is -0.162. The van der Waals surface area contributed by atoms with E-state index in [9.17, 15) is 39.9 Å². The maximum absolute atomic E-state index is 13.9. The summed E-state index contributed by atoms with van der Waals surface area (Å²) in [5.74, 6) is -9.35. The number of ketones is 2. The van der Waals surface area contributed by atoms with Crippen LogP contribution in [-0.2, 0) is 15.0 Å². The first-order valence-electron chi connectivity index (χ1n) is 11.9. The van der Waals surface area contributed by atoms with Crippen LogP contribution in [0.3, 0.4) is 0 Å². The number of nitrogens with two attached hydrogens (primary N) is 2. The fourth-order valence-corrected chi connectivity index (χ4v) is 6.38. The highest BCUT2D eigenvalue weighted by Crippen LogP contribution is 2.57. The number of phenolic OH excluding ortho intramolecular Hbond substituents is 1. The van der Waals surface area contributed by atoms with Gasteiger partial charge in [0.2, 0.25) is 5.78 Å². The van der Waals surface area contributed by atoms with E-state index in [1.807, 2.05) is 20.8 Å². The molecule has 0 heterocycles. The van der Waals surface area contributed by atoms with Gasteiger partial charge in [-0.1, -0.05) is 27.7 Å². The van der Waals surface area contributed by atoms with E-state index in [0.717, 1.165) is 0 Å². The van der Waals surface area contributed by atoms with E-state index < -0.39 is 81.1 Å². The molecule has 1 amide bonds. The van der Waals surface area contributed by atoms with Crippen molar-refractivity contribution in [1.29, 1.82) is 0 Å². The van der Waals surface area contributed by atoms with Crippen molar-refractivity contribution < 1.29 is 39.9 Å². The Labute approximate surface area is 213 Å². The summed E-state index contributed by atoms with van der Waals surface area (Å²) < 4.78 is 0. The first-order valence-corrected chi connectivity index (χ1v) is 11.9. The van der Waals surface area contributed by atoms with Crippen molar-refractivity contribution in [2.24, 2.45) is 17.6 Å². The molecule has 0 spiro atoms. The molecule has 1 aromatic rings. The Morgan fingerprint density at radius 1 is 1.14 bits per heavy atom. The van der Waals surface area contributed by atoms with Crippen molar-refractivity contribution in [2.75, 3.05) is 19.8 Å². The number of likely N-dealkylation sites (N-methyl/N-ethyl adjacent to an activating group) is 1. The van der Waals surface area contributed by atoms with Crippen molar-refractivity contribution in [3.8, 4) is 5.75 Å². The molecule has 37 heavy (non-hydrogen) atoms. The molecule has 9 N–H and O–H groups in total. The molecule has 0 radical (unpaired) electrons. The summed E-state index contributed by atoms with van der Waals surface area (Å²) in [6.07, 6.45) is -1.67. The molecule has 6 atom stereocenters. The van der Waals surface area contributed by atoms with Gasteiger partial charge >= 0.3 is 0 Å². The predicted molar refractivity (Wildman–Crippen MR) is 133 cm³/mol. The molecular formula is C26H33N3O8. The van der Waals surface area contributed by atoms with Crippen LogP contribution in [-0.4, -0.2) is 79.7 Å². The zero-order valence-electron chi connectivity index (χ0n) is 21.5. The molecule has 1 aromatic carbocycles. The average molecular weight is 516 g/mol. The Bertz CT molecular complexity index is 1320. The third-order valence-electron chi connectivity index (χ3n) is 8.07. The predicted octanol–water partition coefficient (Wildman–Crippen LogP) is 0.532. The average Bonchev–Trinajstić information content (AvgIpc) is 2.76. The molecule has 0 bridgehead atoms. The monoisotopic (exact) mass is 515 g/mol. The van der Waals surface area contributed by atoms with Crippen molar-refractivity contribution in [3.63, 3.8) is 0 Å². The maximum Gasteiger partial charge on any atom is 0.255 e. The van der Waals surface area contributed by atoms with Gasteiger partial charge in [-0.2, -0.15) is 0 Å². The van der Waals surface area contributed by atoms with Crippen LogP contribution >= 0.6 is 0 Å². The minimum Gasteiger partial charge on any atom is -0.510 e. The van der Waals surface area contributed by atoms with Crippen molar-refractivity contribution in [2.45, 2.75) is 56.8 Å². The number of aromatic hydroxyl groups is 1. The van der Waals surface area contributed by atoms with Gasteiger partial charge in [0.25, 0.3) is 5.91 Å². The van der Waals surface area contributed by atoms with Crippen molar-refractivity contribution >= 4 is 23.2 Å². The van der Waals surface area contributed by atoms with Gasteiger partial charge in [-0.25, -0.2) is 0 Å². The van der Waals surface area contributed by atoms with Crippen molar-refractivity contribution in [3.05, 3.63) is 45.4 Å². The van der Waals surface area contributed by atoms with Crippen LogP contribution in [0.2, 0.25) is 0 Å². The minimum absolute atomic E-state index is 0.189. The van der Waals surface area contributed by atoms with Gasteiger partial charge in [-0.05, 0) is 37.1 Å². The summed E-state index contributed by atoms with van der Waals surface area (Å²) in [4.78, 5) is 40.8. The molecule has 11 nitrogen and oxygen atoms in total. The molecule has 0 aliphatic heterocycles. The topological polar surface area (TPSA) is 208 Å². The van der Waals surface area contributed by atoms with Gasteiger partial charge in [0, 0.05) is 22.7 Å². The van der Waals surface area contributed by atoms with Crippen LogP contribution in [0.4, 0.5) is 5.69 Å². The lowest BCUT2D eigenvalue weighted by Gasteiger charge is -2.53. The smallest absolute Gasteiger partial charge is 0.255 e. The number of carbonyl (C=O) groups excluding carboxylic acids is 3. The van der Waals surface area contributed by atoms with Gasteiger partial charge in [0.15, 0.2) is 11.4 Å². The van der Waals surface area contributed by atoms with E-state index in [0.29, 0.717) is 5.56 Å². The zero-order chi connectivity index (χ0) is 28.1. The highest BCUT2D eigenvalue weighted by Gasteiger charge is 2.67. The number of amides is 1. The Morgan fingerprint density at radius 2 is 1.70 bits per heavy atom. The third kappa shape index (κ3) is 3.27. The van der Waals surface area contributed by atoms with E-state index >= 15 is 0 Å². The normalized spacial score (nSPS) is 31.9. The number of rotatable bonds is 2. The number of carbonyl (C=O) groups is 3. The van der Waals surface area contributed by atoms with Crippen LogP contribution in [0, 0.1) is 11.8 Å². The number of Topliss-reactive ketones (excluding diaryl/α,β-unsaturated/α-hetero) is 2. The molecule has 0 aromatic heterocycles. The van der Waals surface area contributed by atoms with E-state index in [1.165, 1.54) is 19.0 Å². The summed E-state index contributed by atoms with van der Waals surface area (Å²) in [7, 11) is 2.96. The van der Waals surface area contributed by atoms with E-state index in [1.54, 1.807) is 13.0 Å². The summed E-state index contributed by atoms with van der Waals surface area (Å²) in [6.45, 7) is 7.08. The lowest BCUT2D eigenvalue weighted by Crippen LogP contribution is -2.68. The number of benzene rings is 1. The molecule has 3 aliphatic carbocycles. The van der Waals surface area contributed by atoms with E-state index in [4.69, 9.17) is 11.5 Å². The van der Waals surface area contributed by atoms with Gasteiger partial charge < -0.3 is 37.0 Å². The Kier molecular flexibility index (Phi) is 5.79. The van der Waals surface area contributed by atoms with Crippen LogP contribution < -0.4 is 11.5 Å². The third-order valence-corrected chi connectivity index (χ3v) is 8.07. The van der Waals surface area contributed by atoms with Gasteiger partial charge in [0.05, 0.1) is 23.6 Å². The molecule has 0 fully saturated rings. The molecule has 0 saturated carbocycles. The Morgan fingerprint density at radius 3 is 2.19 bits per heavy atom. The standard InChI is InChI=1S/C26H33N3O8/c1-8-11-10(27)7-9(25(2,3)4)18(30)13(11)19(31)14-12(8)20(32)16-17(29(5)6)21(33)15(24(28)36)23(35)26(16,37)22(14)34/h7-8,12,16-17,20,30,32-34,37H,27H2,1-6H3,(H2,28,36)/t8-,12+,16+,17-,20-,26-/m1/s1. The van der Waals surface area contributed by atoms with Crippen LogP contribution in [0.1, 0.15) is 55.1 Å². The highest BCUT2D eigenvalue weighted by molar-refractivity contribution is 6.25. The number of anilines is 1. The number of hydrogen-bond acceptors (Lipinski definition) is 10. The second-order valence-electron chi connectivity index (χ2n) is 11.5. The number of primary amides is 1. The molecule has 4 rings (SSSR count). The number of aliphatic hydroxyl groups is 4. The fraction of sp³-hybridized carbons (Fsp3) is 0.500. The highest BCUT2D eigenvalue weighted by atomic mass is 16.4. The maximum atomic E-state index is 13.9. The van der Waals surface area contributed by atoms with Gasteiger partial charge in [-0.15, -0.1) is 0 Å². The van der Waals surface area contributed by atoms with Gasteiger partial charge in [0.1, 0.15) is 22.8 Å². The SMILES string of the molecule is C[C@@H]1c2c(N)cc(C(C)(C)C)c(O)c2C(=O)C2=C(O)[C@@]3(O)C(=O)C(C(N)=O)=C(O)[C@H](N(C)C)[C@H]3[C@H](O)[C@H]21. The second-order valence-corrected chi connectivity index (χ2v) is 11.5. The number of aliphatic hydroxyl groups excluding tert-OH is 3. The molecular weight excluding hydrogens is 482 g/mol. The molecule has 0 saturated heterocycles. The number of fused-ring (bicyclic) bond motifs is 3. The van der Waals surface area contributed by atoms with Crippen molar-refractivity contribution in [1.82, 2.24) is 4.90 Å². The molecule has 200 valence electrons. The van der Waals surface area contributed by atoms with Crippen LogP contribution in [0.5, 0.6) is 5.75 Å². The fourth-order valence-electron chi connectivity index (χ4n) is 6.38. The number of phenols is 1. The number of nitrogens with zero attached hydrogens (tertiary/aromatic N) is 1. The Balaban J connectivity index is 2.08. The first-order chi connectivity index (χ1) is 16.9. The lowest BCUT2D eigenvalue weighted by atomic mass is 9.55. The quantitative estimate of drug-likeness (QED) is 0.165. The molecule has 0 unspecified atom stereocenters. The largest absolute Gasteiger partial charge is 0.510 e. The Hall–Kier alpha value is -3.41. The second kappa shape index (κ2) is 8.04. The summed E-state index contributed by atoms with van der Waals surface area (Å²) >= 11 is 0. The summed E-state index contributed by atoms with van der Waals surface area (Å²) in [5, 5.41) is 56.8. The molecule has 3 aliphatic rings.